The first-order chi connectivity index (χ1) is 9.70. The summed E-state index contributed by atoms with van der Waals surface area (Å²) in [6.07, 6.45) is 12.9. The van der Waals surface area contributed by atoms with E-state index in [0.29, 0.717) is 0 Å². The molecule has 0 aliphatic heterocycles. The zero-order valence-corrected chi connectivity index (χ0v) is 14.0. The SMILES string of the molecule is CNC1CCCCC1CN(CCC(C)C)C1CCCC1. The highest BCUT2D eigenvalue weighted by molar-refractivity contribution is 4.86. The van der Waals surface area contributed by atoms with Gasteiger partial charge in [0, 0.05) is 18.6 Å². The third kappa shape index (κ3) is 4.73. The van der Waals surface area contributed by atoms with Gasteiger partial charge in [-0.2, -0.15) is 0 Å². The minimum absolute atomic E-state index is 0.770. The van der Waals surface area contributed by atoms with Crippen molar-refractivity contribution >= 4 is 0 Å². The van der Waals surface area contributed by atoms with Crippen LogP contribution in [0.4, 0.5) is 0 Å². The summed E-state index contributed by atoms with van der Waals surface area (Å²) in [5.74, 6) is 1.73. The summed E-state index contributed by atoms with van der Waals surface area (Å²) in [4.78, 5) is 2.87. The first-order valence-electron chi connectivity index (χ1n) is 9.12. The monoisotopic (exact) mass is 280 g/mol. The molecule has 2 heteroatoms. The van der Waals surface area contributed by atoms with Crippen molar-refractivity contribution < 1.29 is 0 Å². The van der Waals surface area contributed by atoms with E-state index in [1.165, 1.54) is 70.9 Å². The lowest BCUT2D eigenvalue weighted by atomic mass is 9.84. The van der Waals surface area contributed by atoms with E-state index < -0.39 is 0 Å². The molecule has 2 saturated carbocycles. The molecule has 2 atom stereocenters. The van der Waals surface area contributed by atoms with Crippen LogP contribution < -0.4 is 5.32 Å². The van der Waals surface area contributed by atoms with Gasteiger partial charge in [0.25, 0.3) is 0 Å². The topological polar surface area (TPSA) is 15.3 Å². The molecule has 1 N–H and O–H groups in total. The Morgan fingerprint density at radius 1 is 1.00 bits per heavy atom. The molecule has 0 heterocycles. The zero-order chi connectivity index (χ0) is 14.4. The van der Waals surface area contributed by atoms with Crippen LogP contribution in [0.5, 0.6) is 0 Å². The molecule has 0 aromatic heterocycles. The Morgan fingerprint density at radius 2 is 1.65 bits per heavy atom. The fraction of sp³-hybridized carbons (Fsp3) is 1.00. The molecule has 0 saturated heterocycles. The molecule has 2 nitrogen and oxygen atoms in total. The van der Waals surface area contributed by atoms with E-state index in [1.54, 1.807) is 0 Å². The minimum Gasteiger partial charge on any atom is -0.317 e. The first kappa shape index (κ1) is 16.3. The fourth-order valence-corrected chi connectivity index (χ4v) is 4.22. The van der Waals surface area contributed by atoms with Crippen LogP contribution in [0.1, 0.15) is 71.6 Å². The smallest absolute Gasteiger partial charge is 0.0104 e. The molecule has 2 rings (SSSR count). The quantitative estimate of drug-likeness (QED) is 0.756. The minimum atomic E-state index is 0.770. The molecule has 20 heavy (non-hydrogen) atoms. The normalized spacial score (nSPS) is 28.6. The van der Waals surface area contributed by atoms with Gasteiger partial charge in [0.2, 0.25) is 0 Å². The summed E-state index contributed by atoms with van der Waals surface area (Å²) in [5.41, 5.74) is 0. The van der Waals surface area contributed by atoms with Crippen LogP contribution in [-0.2, 0) is 0 Å². The van der Waals surface area contributed by atoms with Gasteiger partial charge in [0.05, 0.1) is 0 Å². The second-order valence-corrected chi connectivity index (χ2v) is 7.56. The first-order valence-corrected chi connectivity index (χ1v) is 9.12. The summed E-state index contributed by atoms with van der Waals surface area (Å²) in [6, 6.07) is 1.67. The van der Waals surface area contributed by atoms with Gasteiger partial charge < -0.3 is 10.2 Å². The molecule has 2 unspecified atom stereocenters. The maximum Gasteiger partial charge on any atom is 0.0104 e. The van der Waals surface area contributed by atoms with E-state index in [-0.39, 0.29) is 0 Å². The van der Waals surface area contributed by atoms with Crippen LogP contribution in [0.3, 0.4) is 0 Å². The number of nitrogens with one attached hydrogen (secondary N) is 1. The van der Waals surface area contributed by atoms with Crippen LogP contribution in [-0.4, -0.2) is 37.1 Å². The van der Waals surface area contributed by atoms with E-state index in [9.17, 15) is 0 Å². The van der Waals surface area contributed by atoms with Crippen LogP contribution in [0.2, 0.25) is 0 Å². The van der Waals surface area contributed by atoms with Crippen LogP contribution in [0, 0.1) is 11.8 Å². The Bertz CT molecular complexity index is 258. The van der Waals surface area contributed by atoms with Crippen LogP contribution in [0.15, 0.2) is 0 Å². The van der Waals surface area contributed by atoms with Crippen molar-refractivity contribution in [3.8, 4) is 0 Å². The number of hydrogen-bond donors (Lipinski definition) is 1. The van der Waals surface area contributed by atoms with Gasteiger partial charge >= 0.3 is 0 Å². The second-order valence-electron chi connectivity index (χ2n) is 7.56. The third-order valence-electron chi connectivity index (χ3n) is 5.58. The van der Waals surface area contributed by atoms with Crippen LogP contribution >= 0.6 is 0 Å². The maximum absolute atomic E-state index is 3.59. The average molecular weight is 280 g/mol. The van der Waals surface area contributed by atoms with Crippen LogP contribution in [0.25, 0.3) is 0 Å². The van der Waals surface area contributed by atoms with Gasteiger partial charge in [-0.25, -0.2) is 0 Å². The second kappa shape index (κ2) is 8.38. The lowest BCUT2D eigenvalue weighted by molar-refractivity contribution is 0.126. The number of rotatable bonds is 7. The van der Waals surface area contributed by atoms with Gasteiger partial charge in [-0.15, -0.1) is 0 Å². The van der Waals surface area contributed by atoms with Crippen molar-refractivity contribution in [2.75, 3.05) is 20.1 Å². The standard InChI is InChI=1S/C18H36N2/c1-15(2)12-13-20(17-9-5-6-10-17)14-16-8-4-7-11-18(16)19-3/h15-19H,4-14H2,1-3H3. The Hall–Kier alpha value is -0.0800. The van der Waals surface area contributed by atoms with Crippen molar-refractivity contribution in [3.63, 3.8) is 0 Å². The highest BCUT2D eigenvalue weighted by atomic mass is 15.2. The summed E-state index contributed by atoms with van der Waals surface area (Å²) >= 11 is 0. The predicted molar refractivity (Wildman–Crippen MR) is 88.1 cm³/mol. The maximum atomic E-state index is 3.59. The Morgan fingerprint density at radius 3 is 2.30 bits per heavy atom. The fourth-order valence-electron chi connectivity index (χ4n) is 4.22. The summed E-state index contributed by atoms with van der Waals surface area (Å²) in [6.45, 7) is 7.41. The van der Waals surface area contributed by atoms with E-state index in [4.69, 9.17) is 0 Å². The van der Waals surface area contributed by atoms with Crippen molar-refractivity contribution in [2.24, 2.45) is 11.8 Å². The van der Waals surface area contributed by atoms with E-state index in [0.717, 1.165) is 23.9 Å². The van der Waals surface area contributed by atoms with Crippen molar-refractivity contribution in [1.29, 1.82) is 0 Å². The van der Waals surface area contributed by atoms with E-state index in [2.05, 4.69) is 31.1 Å². The summed E-state index contributed by atoms with van der Waals surface area (Å²) < 4.78 is 0. The molecule has 2 fully saturated rings. The van der Waals surface area contributed by atoms with E-state index >= 15 is 0 Å². The number of nitrogens with zero attached hydrogens (tertiary/aromatic N) is 1. The predicted octanol–water partition coefficient (Wildman–Crippen LogP) is 4.06. The molecule has 2 aliphatic rings. The molecular weight excluding hydrogens is 244 g/mol. The third-order valence-corrected chi connectivity index (χ3v) is 5.58. The van der Waals surface area contributed by atoms with E-state index in [1.807, 2.05) is 0 Å². The van der Waals surface area contributed by atoms with Crippen molar-refractivity contribution in [2.45, 2.75) is 83.7 Å². The van der Waals surface area contributed by atoms with Gasteiger partial charge in [0.1, 0.15) is 0 Å². The Labute approximate surface area is 126 Å². The molecule has 0 bridgehead atoms. The molecule has 0 amide bonds. The van der Waals surface area contributed by atoms with Gasteiger partial charge in [-0.1, -0.05) is 39.5 Å². The highest BCUT2D eigenvalue weighted by Gasteiger charge is 2.29. The molecule has 0 radical (unpaired) electrons. The lowest BCUT2D eigenvalue weighted by Gasteiger charge is -2.38. The van der Waals surface area contributed by atoms with Gasteiger partial charge in [-0.05, 0) is 57.5 Å². The largest absolute Gasteiger partial charge is 0.317 e. The molecule has 2 aliphatic carbocycles. The average Bonchev–Trinajstić information content (AvgIpc) is 2.97. The molecule has 0 aromatic carbocycles. The Balaban J connectivity index is 1.90. The molecule has 0 spiro atoms. The molecule has 0 aromatic rings. The van der Waals surface area contributed by atoms with Crippen molar-refractivity contribution in [3.05, 3.63) is 0 Å². The van der Waals surface area contributed by atoms with Gasteiger partial charge in [-0.3, -0.25) is 0 Å². The Kier molecular flexibility index (Phi) is 6.83. The lowest BCUT2D eigenvalue weighted by Crippen LogP contribution is -2.46. The van der Waals surface area contributed by atoms with Gasteiger partial charge in [0.15, 0.2) is 0 Å². The zero-order valence-electron chi connectivity index (χ0n) is 14.0. The highest BCUT2D eigenvalue weighted by Crippen LogP contribution is 2.29. The van der Waals surface area contributed by atoms with Crippen molar-refractivity contribution in [1.82, 2.24) is 10.2 Å². The molecular formula is C18H36N2. The summed E-state index contributed by atoms with van der Waals surface area (Å²) in [5, 5.41) is 3.59. The molecule has 118 valence electrons. The summed E-state index contributed by atoms with van der Waals surface area (Å²) in [7, 11) is 2.16. The number of hydrogen-bond acceptors (Lipinski definition) is 2.